The monoisotopic (exact) mass is 362 g/mol. The molecule has 1 aliphatic heterocycles. The summed E-state index contributed by atoms with van der Waals surface area (Å²) in [4.78, 5) is 2.12. The van der Waals surface area contributed by atoms with Crippen LogP contribution in [0.3, 0.4) is 0 Å². The van der Waals surface area contributed by atoms with Crippen molar-refractivity contribution in [1.82, 2.24) is 4.90 Å². The fourth-order valence-electron chi connectivity index (χ4n) is 3.60. The highest BCUT2D eigenvalue weighted by molar-refractivity contribution is 5.65. The van der Waals surface area contributed by atoms with Crippen LogP contribution >= 0.6 is 0 Å². The second-order valence-electron chi connectivity index (χ2n) is 7.03. The molecule has 0 aromatic heterocycles. The minimum atomic E-state index is -4.06. The zero-order valence-electron chi connectivity index (χ0n) is 14.8. The summed E-state index contributed by atoms with van der Waals surface area (Å²) in [6.45, 7) is 2.32. The lowest BCUT2D eigenvalue weighted by Crippen LogP contribution is -2.38. The predicted molar refractivity (Wildman–Crippen MR) is 98.7 cm³/mol. The molecule has 0 unspecified atom stereocenters. The molecule has 26 heavy (non-hydrogen) atoms. The van der Waals surface area contributed by atoms with E-state index in [1.54, 1.807) is 0 Å². The number of hydrogen-bond acceptors (Lipinski definition) is 2. The molecule has 0 radical (unpaired) electrons. The van der Waals surface area contributed by atoms with Gasteiger partial charge >= 0.3 is 6.18 Å². The second kappa shape index (κ2) is 8.23. The summed E-state index contributed by atoms with van der Waals surface area (Å²) < 4.78 is 38.4. The van der Waals surface area contributed by atoms with Gasteiger partial charge in [0.05, 0.1) is 5.92 Å². The molecule has 0 atom stereocenters. The fourth-order valence-corrected chi connectivity index (χ4v) is 3.60. The first-order valence-corrected chi connectivity index (χ1v) is 9.13. The average molecular weight is 362 g/mol. The zero-order chi connectivity index (χ0) is 18.6. The summed E-state index contributed by atoms with van der Waals surface area (Å²) in [6, 6.07) is 16.6. The molecule has 0 aliphatic carbocycles. The van der Waals surface area contributed by atoms with E-state index < -0.39 is 12.1 Å². The zero-order valence-corrected chi connectivity index (χ0v) is 14.8. The van der Waals surface area contributed by atoms with Crippen molar-refractivity contribution in [2.24, 2.45) is 11.7 Å². The Morgan fingerprint density at radius 3 is 2.08 bits per heavy atom. The third kappa shape index (κ3) is 4.86. The Morgan fingerprint density at radius 1 is 0.923 bits per heavy atom. The van der Waals surface area contributed by atoms with Gasteiger partial charge in [0.1, 0.15) is 0 Å². The quantitative estimate of drug-likeness (QED) is 0.840. The van der Waals surface area contributed by atoms with Crippen LogP contribution in [0.2, 0.25) is 0 Å². The number of likely N-dealkylation sites (tertiary alicyclic amines) is 1. The maximum atomic E-state index is 12.8. The third-order valence-corrected chi connectivity index (χ3v) is 5.08. The minimum absolute atomic E-state index is 0.199. The number of rotatable bonds is 5. The molecule has 5 heteroatoms. The van der Waals surface area contributed by atoms with E-state index in [2.05, 4.69) is 35.2 Å². The van der Waals surface area contributed by atoms with Gasteiger partial charge in [0.25, 0.3) is 0 Å². The first-order valence-electron chi connectivity index (χ1n) is 9.13. The number of piperidine rings is 1. The Hall–Kier alpha value is -1.85. The summed E-state index contributed by atoms with van der Waals surface area (Å²) in [5.74, 6) is -1.14. The first kappa shape index (κ1) is 18.9. The van der Waals surface area contributed by atoms with Crippen LogP contribution in [0.4, 0.5) is 13.2 Å². The highest BCUT2D eigenvalue weighted by Gasteiger charge is 2.40. The van der Waals surface area contributed by atoms with Crippen molar-refractivity contribution in [1.29, 1.82) is 0 Å². The van der Waals surface area contributed by atoms with Gasteiger partial charge in [0.15, 0.2) is 0 Å². The molecule has 1 aliphatic rings. The van der Waals surface area contributed by atoms with Gasteiger partial charge in [0, 0.05) is 6.54 Å². The van der Waals surface area contributed by atoms with Crippen molar-refractivity contribution in [2.45, 2.75) is 32.0 Å². The average Bonchev–Trinajstić information content (AvgIpc) is 2.62. The van der Waals surface area contributed by atoms with Crippen LogP contribution in [-0.2, 0) is 13.0 Å². The van der Waals surface area contributed by atoms with E-state index in [0.717, 1.165) is 23.1 Å². The van der Waals surface area contributed by atoms with E-state index in [1.807, 2.05) is 18.2 Å². The molecule has 0 amide bonds. The fraction of sp³-hybridized carbons (Fsp3) is 0.429. The molecule has 0 saturated carbocycles. The smallest absolute Gasteiger partial charge is 0.330 e. The molecule has 3 rings (SSSR count). The van der Waals surface area contributed by atoms with Crippen LogP contribution in [0, 0.1) is 5.92 Å². The summed E-state index contributed by atoms with van der Waals surface area (Å²) in [7, 11) is 0. The number of nitrogens with two attached hydrogens (primary N) is 1. The molecule has 2 aromatic carbocycles. The van der Waals surface area contributed by atoms with E-state index >= 15 is 0 Å². The van der Waals surface area contributed by atoms with E-state index in [4.69, 9.17) is 5.73 Å². The number of halogens is 3. The van der Waals surface area contributed by atoms with Crippen LogP contribution in [0.25, 0.3) is 11.1 Å². The summed E-state index contributed by atoms with van der Waals surface area (Å²) in [6.07, 6.45) is -2.81. The largest absolute Gasteiger partial charge is 0.391 e. The van der Waals surface area contributed by atoms with Crippen molar-refractivity contribution in [3.8, 4) is 11.1 Å². The molecule has 2 N–H and O–H groups in total. The Bertz CT molecular complexity index is 719. The van der Waals surface area contributed by atoms with Crippen LogP contribution in [0.1, 0.15) is 24.0 Å². The Kier molecular flexibility index (Phi) is 5.99. The lowest BCUT2D eigenvalue weighted by molar-refractivity contribution is -0.185. The van der Waals surface area contributed by atoms with Crippen LogP contribution < -0.4 is 5.73 Å². The van der Waals surface area contributed by atoms with E-state index in [9.17, 15) is 13.2 Å². The van der Waals surface area contributed by atoms with Crippen molar-refractivity contribution >= 4 is 0 Å². The number of alkyl halides is 3. The van der Waals surface area contributed by atoms with E-state index in [1.165, 1.54) is 5.56 Å². The highest BCUT2D eigenvalue weighted by Crippen LogP contribution is 2.34. The van der Waals surface area contributed by atoms with Gasteiger partial charge in [-0.25, -0.2) is 0 Å². The van der Waals surface area contributed by atoms with Gasteiger partial charge in [-0.05, 0) is 67.2 Å². The molecule has 140 valence electrons. The Morgan fingerprint density at radius 2 is 1.50 bits per heavy atom. The molecule has 0 spiro atoms. The molecular formula is C21H25F3N2. The lowest BCUT2D eigenvalue weighted by Gasteiger charge is -2.32. The third-order valence-electron chi connectivity index (χ3n) is 5.08. The maximum Gasteiger partial charge on any atom is 0.391 e. The van der Waals surface area contributed by atoms with Crippen molar-refractivity contribution in [2.75, 3.05) is 19.6 Å². The van der Waals surface area contributed by atoms with Gasteiger partial charge < -0.3 is 5.73 Å². The summed E-state index contributed by atoms with van der Waals surface area (Å²) in [5, 5.41) is 0. The molecule has 1 heterocycles. The Labute approximate surface area is 152 Å². The number of nitrogens with zero attached hydrogens (tertiary/aromatic N) is 1. The van der Waals surface area contributed by atoms with Gasteiger partial charge in [-0.15, -0.1) is 0 Å². The topological polar surface area (TPSA) is 29.3 Å². The lowest BCUT2D eigenvalue weighted by atomic mass is 9.95. The van der Waals surface area contributed by atoms with Crippen LogP contribution in [0.5, 0.6) is 0 Å². The predicted octanol–water partition coefficient (Wildman–Crippen LogP) is 4.63. The Balaban J connectivity index is 1.66. The summed E-state index contributed by atoms with van der Waals surface area (Å²) >= 11 is 0. The molecule has 2 nitrogen and oxygen atoms in total. The number of benzene rings is 2. The van der Waals surface area contributed by atoms with Crippen LogP contribution in [-0.4, -0.2) is 30.7 Å². The molecule has 1 fully saturated rings. The number of hydrogen-bond donors (Lipinski definition) is 1. The van der Waals surface area contributed by atoms with E-state index in [-0.39, 0.29) is 12.8 Å². The second-order valence-corrected chi connectivity index (χ2v) is 7.03. The molecule has 1 saturated heterocycles. The first-order chi connectivity index (χ1) is 12.5. The highest BCUT2D eigenvalue weighted by atomic mass is 19.4. The normalized spacial score (nSPS) is 16.8. The van der Waals surface area contributed by atoms with Crippen LogP contribution in [0.15, 0.2) is 48.5 Å². The SMILES string of the molecule is NCCc1cccc(-c2cccc(CN3CCC(C(F)(F)F)CC3)c2)c1. The van der Waals surface area contributed by atoms with Gasteiger partial charge in [-0.3, -0.25) is 4.90 Å². The molecule has 0 bridgehead atoms. The van der Waals surface area contributed by atoms with Gasteiger partial charge in [-0.1, -0.05) is 42.5 Å². The summed E-state index contributed by atoms with van der Waals surface area (Å²) in [5.41, 5.74) is 10.3. The van der Waals surface area contributed by atoms with Crippen molar-refractivity contribution in [3.63, 3.8) is 0 Å². The molecular weight excluding hydrogens is 337 g/mol. The van der Waals surface area contributed by atoms with Crippen molar-refractivity contribution in [3.05, 3.63) is 59.7 Å². The maximum absolute atomic E-state index is 12.8. The minimum Gasteiger partial charge on any atom is -0.330 e. The van der Waals surface area contributed by atoms with Gasteiger partial charge in [0.2, 0.25) is 0 Å². The van der Waals surface area contributed by atoms with Gasteiger partial charge in [-0.2, -0.15) is 13.2 Å². The molecule has 2 aromatic rings. The van der Waals surface area contributed by atoms with E-state index in [0.29, 0.717) is 26.2 Å². The standard InChI is InChI=1S/C21H25F3N2/c22-21(23,24)20-8-11-26(12-9-20)15-17-4-2-6-19(14-17)18-5-1-3-16(13-18)7-10-25/h1-6,13-14,20H,7-12,15,25H2. The van der Waals surface area contributed by atoms with Crippen molar-refractivity contribution < 1.29 is 13.2 Å².